The molecule has 0 aliphatic carbocycles. The first kappa shape index (κ1) is 13.6. The lowest BCUT2D eigenvalue weighted by molar-refractivity contribution is 0.332. The van der Waals surface area contributed by atoms with Gasteiger partial charge >= 0.3 is 0 Å². The largest absolute Gasteiger partial charge is 0.475 e. The molecule has 102 valence electrons. The summed E-state index contributed by atoms with van der Waals surface area (Å²) in [4.78, 5) is 0.0946. The maximum Gasteiger partial charge on any atom is 0.271 e. The summed E-state index contributed by atoms with van der Waals surface area (Å²) in [6, 6.07) is 5.85. The maximum absolute atomic E-state index is 12.1. The highest BCUT2D eigenvalue weighted by molar-refractivity contribution is 7.92. The van der Waals surface area contributed by atoms with Crippen LogP contribution in [0.4, 0.5) is 11.5 Å². The van der Waals surface area contributed by atoms with Crippen molar-refractivity contribution in [2.45, 2.75) is 11.8 Å². The van der Waals surface area contributed by atoms with Crippen LogP contribution in [0.3, 0.4) is 0 Å². The number of ether oxygens (including phenoxy) is 1. The zero-order chi connectivity index (χ0) is 13.9. The number of aromatic nitrogens is 2. The number of hydrogen-bond donors (Lipinski definition) is 2. The van der Waals surface area contributed by atoms with Crippen LogP contribution in [-0.2, 0) is 10.0 Å². The third-order valence-corrected chi connectivity index (χ3v) is 4.03. The van der Waals surface area contributed by atoms with E-state index in [9.17, 15) is 8.42 Å². The van der Waals surface area contributed by atoms with E-state index in [4.69, 9.17) is 10.5 Å². The van der Waals surface area contributed by atoms with Crippen LogP contribution in [-0.4, -0.2) is 23.8 Å². The summed E-state index contributed by atoms with van der Waals surface area (Å²) >= 11 is 0.873. The third-order valence-electron chi connectivity index (χ3n) is 2.16. The van der Waals surface area contributed by atoms with Crippen LogP contribution in [0.1, 0.15) is 6.92 Å². The molecular weight excluding hydrogens is 288 g/mol. The Morgan fingerprint density at radius 2 is 2.00 bits per heavy atom. The first-order valence-electron chi connectivity index (χ1n) is 5.36. The van der Waals surface area contributed by atoms with Crippen molar-refractivity contribution in [2.75, 3.05) is 17.1 Å². The molecule has 1 aromatic heterocycles. The predicted molar refractivity (Wildman–Crippen MR) is 72.7 cm³/mol. The first-order valence-corrected chi connectivity index (χ1v) is 7.58. The fourth-order valence-electron chi connectivity index (χ4n) is 1.31. The number of hydrogen-bond acceptors (Lipinski definition) is 7. The molecule has 0 spiro atoms. The number of nitrogens with one attached hydrogen (secondary N) is 1. The van der Waals surface area contributed by atoms with Gasteiger partial charge in [0.25, 0.3) is 15.9 Å². The van der Waals surface area contributed by atoms with Crippen LogP contribution in [0.15, 0.2) is 29.2 Å². The van der Waals surface area contributed by atoms with Gasteiger partial charge < -0.3 is 10.5 Å². The van der Waals surface area contributed by atoms with Gasteiger partial charge in [-0.1, -0.05) is 0 Å². The molecule has 0 saturated heterocycles. The maximum atomic E-state index is 12.1. The van der Waals surface area contributed by atoms with Crippen LogP contribution in [0.5, 0.6) is 5.88 Å². The highest BCUT2D eigenvalue weighted by atomic mass is 32.2. The molecule has 0 fully saturated rings. The van der Waals surface area contributed by atoms with Gasteiger partial charge in [-0.3, -0.25) is 4.72 Å². The minimum atomic E-state index is -3.72. The topological polar surface area (TPSA) is 107 Å². The normalized spacial score (nSPS) is 11.2. The number of nitrogen functional groups attached to an aromatic ring is 1. The van der Waals surface area contributed by atoms with Gasteiger partial charge in [0.05, 0.1) is 23.2 Å². The molecule has 7 nitrogen and oxygen atoms in total. The van der Waals surface area contributed by atoms with Gasteiger partial charge in [-0.2, -0.15) is 4.37 Å². The number of rotatable bonds is 5. The summed E-state index contributed by atoms with van der Waals surface area (Å²) in [5, 5.41) is 0. The Hall–Kier alpha value is -1.87. The molecule has 0 unspecified atom stereocenters. The number of nitrogens with two attached hydrogens (primary N) is 1. The van der Waals surface area contributed by atoms with E-state index in [-0.39, 0.29) is 16.6 Å². The molecule has 2 aromatic rings. The SMILES string of the molecule is CCOc1nsnc1NS(=O)(=O)c1ccc(N)cc1. The summed E-state index contributed by atoms with van der Waals surface area (Å²) in [5.41, 5.74) is 6.00. The summed E-state index contributed by atoms with van der Waals surface area (Å²) in [6.07, 6.45) is 0. The molecule has 1 aromatic carbocycles. The number of anilines is 2. The van der Waals surface area contributed by atoms with Crippen LogP contribution in [0, 0.1) is 0 Å². The molecular formula is C10H12N4O3S2. The average Bonchev–Trinajstić information content (AvgIpc) is 2.77. The van der Waals surface area contributed by atoms with Crippen molar-refractivity contribution < 1.29 is 13.2 Å². The second-order valence-electron chi connectivity index (χ2n) is 3.53. The van der Waals surface area contributed by atoms with Crippen molar-refractivity contribution in [1.29, 1.82) is 0 Å². The highest BCUT2D eigenvalue weighted by Crippen LogP contribution is 2.24. The molecule has 19 heavy (non-hydrogen) atoms. The van der Waals surface area contributed by atoms with Gasteiger partial charge in [0, 0.05) is 5.69 Å². The number of benzene rings is 1. The van der Waals surface area contributed by atoms with E-state index < -0.39 is 10.0 Å². The highest BCUT2D eigenvalue weighted by Gasteiger charge is 2.19. The fraction of sp³-hybridized carbons (Fsp3) is 0.200. The Bertz CT molecular complexity index is 652. The second kappa shape index (κ2) is 5.41. The second-order valence-corrected chi connectivity index (χ2v) is 5.74. The summed E-state index contributed by atoms with van der Waals surface area (Å²) in [6.45, 7) is 2.15. The van der Waals surface area contributed by atoms with E-state index in [2.05, 4.69) is 13.5 Å². The van der Waals surface area contributed by atoms with Crippen molar-refractivity contribution in [3.63, 3.8) is 0 Å². The van der Waals surface area contributed by atoms with Crippen molar-refractivity contribution in [2.24, 2.45) is 0 Å². The van der Waals surface area contributed by atoms with Crippen molar-refractivity contribution in [3.05, 3.63) is 24.3 Å². The predicted octanol–water partition coefficient (Wildman–Crippen LogP) is 1.32. The lowest BCUT2D eigenvalue weighted by Crippen LogP contribution is -2.14. The van der Waals surface area contributed by atoms with Crippen LogP contribution >= 0.6 is 11.7 Å². The van der Waals surface area contributed by atoms with Crippen LogP contribution in [0.2, 0.25) is 0 Å². The van der Waals surface area contributed by atoms with Gasteiger partial charge in [0.15, 0.2) is 0 Å². The third kappa shape index (κ3) is 3.12. The van der Waals surface area contributed by atoms with Crippen LogP contribution in [0.25, 0.3) is 0 Å². The van der Waals surface area contributed by atoms with Crippen molar-refractivity contribution in [3.8, 4) is 5.88 Å². The Labute approximate surface area is 114 Å². The molecule has 0 aliphatic rings. The van der Waals surface area contributed by atoms with E-state index in [1.807, 2.05) is 0 Å². The molecule has 0 bridgehead atoms. The lowest BCUT2D eigenvalue weighted by Gasteiger charge is -2.07. The fourth-order valence-corrected chi connectivity index (χ4v) is 2.82. The molecule has 0 amide bonds. The van der Waals surface area contributed by atoms with E-state index in [1.165, 1.54) is 24.3 Å². The van der Waals surface area contributed by atoms with Gasteiger partial charge in [-0.15, -0.1) is 4.37 Å². The molecule has 2 rings (SSSR count). The zero-order valence-corrected chi connectivity index (χ0v) is 11.7. The van der Waals surface area contributed by atoms with Gasteiger partial charge in [-0.05, 0) is 31.2 Å². The van der Waals surface area contributed by atoms with Gasteiger partial charge in [0.1, 0.15) is 0 Å². The van der Waals surface area contributed by atoms with E-state index in [1.54, 1.807) is 6.92 Å². The van der Waals surface area contributed by atoms with E-state index in [0.29, 0.717) is 12.3 Å². The van der Waals surface area contributed by atoms with E-state index >= 15 is 0 Å². The molecule has 9 heteroatoms. The smallest absolute Gasteiger partial charge is 0.271 e. The standard InChI is InChI=1S/C10H12N4O3S2/c1-2-17-10-9(12-18-13-10)14-19(15,16)8-5-3-7(11)4-6-8/h3-6H,2,11H2,1H3,(H,12,14). The molecule has 0 atom stereocenters. The molecule has 0 aliphatic heterocycles. The Morgan fingerprint density at radius 1 is 1.32 bits per heavy atom. The summed E-state index contributed by atoms with van der Waals surface area (Å²) in [5.74, 6) is 0.259. The zero-order valence-electron chi connectivity index (χ0n) is 10.0. The summed E-state index contributed by atoms with van der Waals surface area (Å²) < 4.78 is 39.4. The monoisotopic (exact) mass is 300 g/mol. The quantitative estimate of drug-likeness (QED) is 0.806. The van der Waals surface area contributed by atoms with Crippen molar-refractivity contribution >= 4 is 33.3 Å². The Morgan fingerprint density at radius 3 is 2.63 bits per heavy atom. The molecule has 3 N–H and O–H groups in total. The average molecular weight is 300 g/mol. The first-order chi connectivity index (χ1) is 9.03. The Kier molecular flexibility index (Phi) is 3.86. The van der Waals surface area contributed by atoms with E-state index in [0.717, 1.165) is 11.7 Å². The van der Waals surface area contributed by atoms with Crippen molar-refractivity contribution in [1.82, 2.24) is 8.75 Å². The lowest BCUT2D eigenvalue weighted by atomic mass is 10.3. The molecule has 0 radical (unpaired) electrons. The van der Waals surface area contributed by atoms with Gasteiger partial charge in [-0.25, -0.2) is 8.42 Å². The minimum Gasteiger partial charge on any atom is -0.475 e. The number of sulfonamides is 1. The Balaban J connectivity index is 2.26. The molecule has 0 saturated carbocycles. The minimum absolute atomic E-state index is 0.0867. The number of nitrogens with zero attached hydrogens (tertiary/aromatic N) is 2. The summed E-state index contributed by atoms with van der Waals surface area (Å²) in [7, 11) is -3.72. The van der Waals surface area contributed by atoms with Crippen LogP contribution < -0.4 is 15.2 Å². The molecule has 1 heterocycles. The van der Waals surface area contributed by atoms with Gasteiger partial charge in [0.2, 0.25) is 5.82 Å².